The molecule has 2 aromatic rings. The zero-order valence-electron chi connectivity index (χ0n) is 10.3. The number of hydrogen-bond donors (Lipinski definition) is 1. The lowest BCUT2D eigenvalue weighted by Crippen LogP contribution is -2.14. The molecule has 1 unspecified atom stereocenters. The second kappa shape index (κ2) is 6.46. The van der Waals surface area contributed by atoms with Crippen LogP contribution in [0.5, 0.6) is 5.75 Å². The molecule has 19 heavy (non-hydrogen) atoms. The Morgan fingerprint density at radius 3 is 3.05 bits per heavy atom. The lowest BCUT2D eigenvalue weighted by Gasteiger charge is -2.17. The Hall–Kier alpha value is -0.970. The largest absolute Gasteiger partial charge is 0.486 e. The molecule has 1 aliphatic heterocycles. The first-order valence-corrected chi connectivity index (χ1v) is 6.81. The van der Waals surface area contributed by atoms with Gasteiger partial charge in [0.1, 0.15) is 17.6 Å². The molecular formula is C14H15BrClNO2. The van der Waals surface area contributed by atoms with Crippen LogP contribution in [0.4, 0.5) is 0 Å². The van der Waals surface area contributed by atoms with E-state index in [1.54, 1.807) is 6.26 Å². The van der Waals surface area contributed by atoms with Crippen LogP contribution in [-0.2, 0) is 6.54 Å². The van der Waals surface area contributed by atoms with Crippen LogP contribution in [0.1, 0.15) is 23.8 Å². The number of hydrogen-bond acceptors (Lipinski definition) is 3. The SMILES string of the molecule is Brc1cccc(OC2CCNCc3occc32)c1.Cl. The van der Waals surface area contributed by atoms with Crippen molar-refractivity contribution in [3.63, 3.8) is 0 Å². The first-order valence-electron chi connectivity index (χ1n) is 6.02. The second-order valence-corrected chi connectivity index (χ2v) is 5.24. The molecule has 0 radical (unpaired) electrons. The molecule has 0 fully saturated rings. The maximum Gasteiger partial charge on any atom is 0.128 e. The Morgan fingerprint density at radius 1 is 1.32 bits per heavy atom. The first kappa shape index (κ1) is 14.4. The van der Waals surface area contributed by atoms with Gasteiger partial charge in [0.25, 0.3) is 0 Å². The summed E-state index contributed by atoms with van der Waals surface area (Å²) in [5, 5.41) is 3.33. The monoisotopic (exact) mass is 343 g/mol. The Kier molecular flexibility index (Phi) is 4.91. The number of nitrogens with one attached hydrogen (secondary N) is 1. The van der Waals surface area contributed by atoms with Crippen LogP contribution in [-0.4, -0.2) is 6.54 Å². The van der Waals surface area contributed by atoms with E-state index in [9.17, 15) is 0 Å². The number of benzene rings is 1. The minimum atomic E-state index is 0. The molecule has 0 saturated carbocycles. The summed E-state index contributed by atoms with van der Waals surface area (Å²) in [5.74, 6) is 1.86. The van der Waals surface area contributed by atoms with Gasteiger partial charge in [-0.05, 0) is 30.8 Å². The molecule has 0 bridgehead atoms. The highest BCUT2D eigenvalue weighted by atomic mass is 79.9. The molecule has 2 heterocycles. The molecule has 1 aromatic heterocycles. The minimum absolute atomic E-state index is 0. The van der Waals surface area contributed by atoms with Gasteiger partial charge in [-0.15, -0.1) is 12.4 Å². The van der Waals surface area contributed by atoms with Gasteiger partial charge in [0.05, 0.1) is 12.8 Å². The van der Waals surface area contributed by atoms with Crippen LogP contribution < -0.4 is 10.1 Å². The topological polar surface area (TPSA) is 34.4 Å². The highest BCUT2D eigenvalue weighted by molar-refractivity contribution is 9.10. The van der Waals surface area contributed by atoms with Gasteiger partial charge in [-0.1, -0.05) is 22.0 Å². The minimum Gasteiger partial charge on any atom is -0.486 e. The Morgan fingerprint density at radius 2 is 2.21 bits per heavy atom. The van der Waals surface area contributed by atoms with Crippen molar-refractivity contribution in [3.05, 3.63) is 52.4 Å². The molecular weight excluding hydrogens is 330 g/mol. The van der Waals surface area contributed by atoms with Crippen molar-refractivity contribution < 1.29 is 9.15 Å². The lowest BCUT2D eigenvalue weighted by molar-refractivity contribution is 0.197. The zero-order chi connectivity index (χ0) is 12.4. The van der Waals surface area contributed by atoms with Gasteiger partial charge in [-0.2, -0.15) is 0 Å². The van der Waals surface area contributed by atoms with E-state index < -0.39 is 0 Å². The molecule has 1 aromatic carbocycles. The summed E-state index contributed by atoms with van der Waals surface area (Å²) in [4.78, 5) is 0. The summed E-state index contributed by atoms with van der Waals surface area (Å²) >= 11 is 3.46. The molecule has 0 spiro atoms. The summed E-state index contributed by atoms with van der Waals surface area (Å²) in [6, 6.07) is 9.93. The van der Waals surface area contributed by atoms with Crippen molar-refractivity contribution >= 4 is 28.3 Å². The summed E-state index contributed by atoms with van der Waals surface area (Å²) in [6.45, 7) is 1.71. The summed E-state index contributed by atoms with van der Waals surface area (Å²) in [6.07, 6.45) is 2.73. The van der Waals surface area contributed by atoms with E-state index in [1.807, 2.05) is 30.3 Å². The standard InChI is InChI=1S/C14H14BrNO2.ClH/c15-10-2-1-3-11(8-10)18-13-4-6-16-9-14-12(13)5-7-17-14;/h1-3,5,7-8,13,16H,4,6,9H2;1H. The van der Waals surface area contributed by atoms with Gasteiger partial charge in [-0.3, -0.25) is 0 Å². The predicted molar refractivity (Wildman–Crippen MR) is 79.8 cm³/mol. The number of rotatable bonds is 2. The van der Waals surface area contributed by atoms with Crippen molar-refractivity contribution in [2.75, 3.05) is 6.54 Å². The van der Waals surface area contributed by atoms with E-state index in [1.165, 1.54) is 0 Å². The Balaban J connectivity index is 0.00000133. The number of halogens is 2. The Labute approximate surface area is 126 Å². The fraction of sp³-hybridized carbons (Fsp3) is 0.286. The van der Waals surface area contributed by atoms with E-state index in [0.717, 1.165) is 41.1 Å². The average molecular weight is 345 g/mol. The van der Waals surface area contributed by atoms with E-state index >= 15 is 0 Å². The van der Waals surface area contributed by atoms with E-state index in [4.69, 9.17) is 9.15 Å². The smallest absolute Gasteiger partial charge is 0.128 e. The second-order valence-electron chi connectivity index (χ2n) is 4.33. The van der Waals surface area contributed by atoms with Crippen molar-refractivity contribution in [2.24, 2.45) is 0 Å². The van der Waals surface area contributed by atoms with Crippen LogP contribution in [0.25, 0.3) is 0 Å². The highest BCUT2D eigenvalue weighted by Crippen LogP contribution is 2.30. The Bertz CT molecular complexity index is 544. The molecule has 0 saturated heterocycles. The molecule has 1 atom stereocenters. The molecule has 0 amide bonds. The third-order valence-electron chi connectivity index (χ3n) is 3.07. The van der Waals surface area contributed by atoms with Crippen molar-refractivity contribution in [2.45, 2.75) is 19.1 Å². The molecule has 3 rings (SSSR count). The fourth-order valence-corrected chi connectivity index (χ4v) is 2.58. The van der Waals surface area contributed by atoms with Gasteiger partial charge in [0, 0.05) is 16.5 Å². The van der Waals surface area contributed by atoms with Crippen LogP contribution in [0.2, 0.25) is 0 Å². The first-order chi connectivity index (χ1) is 8.83. The average Bonchev–Trinajstić information content (AvgIpc) is 2.74. The zero-order valence-corrected chi connectivity index (χ0v) is 12.7. The van der Waals surface area contributed by atoms with Crippen molar-refractivity contribution in [3.8, 4) is 5.75 Å². The highest BCUT2D eigenvalue weighted by Gasteiger charge is 2.22. The van der Waals surface area contributed by atoms with E-state index in [-0.39, 0.29) is 18.5 Å². The van der Waals surface area contributed by atoms with Crippen LogP contribution >= 0.6 is 28.3 Å². The molecule has 3 nitrogen and oxygen atoms in total. The summed E-state index contributed by atoms with van der Waals surface area (Å²) < 4.78 is 12.6. The maximum absolute atomic E-state index is 6.07. The van der Waals surface area contributed by atoms with E-state index in [0.29, 0.717) is 0 Å². The van der Waals surface area contributed by atoms with Gasteiger partial charge in [0.2, 0.25) is 0 Å². The predicted octanol–water partition coefficient (Wildman–Crippen LogP) is 4.08. The fourth-order valence-electron chi connectivity index (χ4n) is 2.20. The number of furan rings is 1. The van der Waals surface area contributed by atoms with Gasteiger partial charge in [-0.25, -0.2) is 0 Å². The number of fused-ring (bicyclic) bond motifs is 1. The van der Waals surface area contributed by atoms with Crippen molar-refractivity contribution in [1.82, 2.24) is 5.32 Å². The lowest BCUT2D eigenvalue weighted by atomic mass is 10.1. The maximum atomic E-state index is 6.07. The van der Waals surface area contributed by atoms with Gasteiger partial charge >= 0.3 is 0 Å². The molecule has 0 aliphatic carbocycles. The van der Waals surface area contributed by atoms with Crippen LogP contribution in [0.3, 0.4) is 0 Å². The van der Waals surface area contributed by atoms with Gasteiger partial charge in [0.15, 0.2) is 0 Å². The summed E-state index contributed by atoms with van der Waals surface area (Å²) in [5.41, 5.74) is 1.15. The van der Waals surface area contributed by atoms with Gasteiger partial charge < -0.3 is 14.5 Å². The normalized spacial score (nSPS) is 18.1. The van der Waals surface area contributed by atoms with E-state index in [2.05, 4.69) is 21.2 Å². The summed E-state index contributed by atoms with van der Waals surface area (Å²) in [7, 11) is 0. The number of ether oxygens (including phenoxy) is 1. The van der Waals surface area contributed by atoms with Crippen LogP contribution in [0.15, 0.2) is 45.5 Å². The molecule has 1 N–H and O–H groups in total. The molecule has 1 aliphatic rings. The molecule has 5 heteroatoms. The molecule has 102 valence electrons. The van der Waals surface area contributed by atoms with Crippen molar-refractivity contribution in [1.29, 1.82) is 0 Å². The quantitative estimate of drug-likeness (QED) is 0.891. The third kappa shape index (κ3) is 3.32. The third-order valence-corrected chi connectivity index (χ3v) is 3.56. The van der Waals surface area contributed by atoms with Crippen LogP contribution in [0, 0.1) is 0 Å².